The summed E-state index contributed by atoms with van der Waals surface area (Å²) in [7, 11) is 2.17. The average molecular weight is 283 g/mol. The van der Waals surface area contributed by atoms with Crippen LogP contribution in [-0.2, 0) is 6.54 Å². The van der Waals surface area contributed by atoms with Gasteiger partial charge in [-0.15, -0.1) is 0 Å². The van der Waals surface area contributed by atoms with Crippen LogP contribution in [0.25, 0.3) is 0 Å². The minimum atomic E-state index is 0.222. The number of hydrogen-bond acceptors (Lipinski definition) is 3. The molecular formula is C15H23ClN2O. The van der Waals surface area contributed by atoms with Crippen molar-refractivity contribution in [3.63, 3.8) is 0 Å². The molecule has 0 spiro atoms. The molecule has 1 aliphatic heterocycles. The number of nitrogens with zero attached hydrogens (tertiary/aromatic N) is 2. The van der Waals surface area contributed by atoms with Crippen molar-refractivity contribution in [2.24, 2.45) is 0 Å². The number of halogens is 1. The van der Waals surface area contributed by atoms with Gasteiger partial charge in [0.25, 0.3) is 0 Å². The Hall–Kier alpha value is -0.610. The number of aliphatic hydroxyl groups is 1. The summed E-state index contributed by atoms with van der Waals surface area (Å²) in [6, 6.07) is 8.59. The Morgan fingerprint density at radius 3 is 2.47 bits per heavy atom. The maximum Gasteiger partial charge on any atom is 0.0558 e. The van der Waals surface area contributed by atoms with Crippen molar-refractivity contribution in [2.75, 3.05) is 33.3 Å². The largest absolute Gasteiger partial charge is 0.395 e. The van der Waals surface area contributed by atoms with Gasteiger partial charge >= 0.3 is 0 Å². The van der Waals surface area contributed by atoms with E-state index in [-0.39, 0.29) is 6.61 Å². The second kappa shape index (κ2) is 7.25. The molecule has 0 aromatic heterocycles. The van der Waals surface area contributed by atoms with E-state index in [9.17, 15) is 5.11 Å². The lowest BCUT2D eigenvalue weighted by atomic mass is 10.0. The van der Waals surface area contributed by atoms with Crippen LogP contribution in [-0.4, -0.2) is 54.2 Å². The minimum Gasteiger partial charge on any atom is -0.395 e. The monoisotopic (exact) mass is 282 g/mol. The van der Waals surface area contributed by atoms with E-state index in [1.807, 2.05) is 12.1 Å². The van der Waals surface area contributed by atoms with Crippen molar-refractivity contribution in [1.82, 2.24) is 9.80 Å². The molecule has 2 rings (SSSR count). The molecule has 0 unspecified atom stereocenters. The molecular weight excluding hydrogens is 260 g/mol. The Labute approximate surface area is 120 Å². The molecule has 0 atom stereocenters. The number of benzene rings is 1. The lowest BCUT2D eigenvalue weighted by Gasteiger charge is -2.37. The molecule has 106 valence electrons. The zero-order chi connectivity index (χ0) is 13.7. The first kappa shape index (κ1) is 14.8. The normalized spacial score (nSPS) is 18.1. The minimum absolute atomic E-state index is 0.222. The van der Waals surface area contributed by atoms with Crippen LogP contribution >= 0.6 is 11.6 Å². The first-order chi connectivity index (χ1) is 9.19. The first-order valence-corrected chi connectivity index (χ1v) is 7.34. The quantitative estimate of drug-likeness (QED) is 0.897. The smallest absolute Gasteiger partial charge is 0.0558 e. The molecule has 0 radical (unpaired) electrons. The van der Waals surface area contributed by atoms with E-state index in [1.54, 1.807) is 0 Å². The van der Waals surface area contributed by atoms with E-state index >= 15 is 0 Å². The summed E-state index contributed by atoms with van der Waals surface area (Å²) in [6.45, 7) is 4.16. The Morgan fingerprint density at radius 1 is 1.26 bits per heavy atom. The highest BCUT2D eigenvalue weighted by Gasteiger charge is 2.22. The SMILES string of the molecule is CN1CCC(N(CCO)Cc2ccc(Cl)cc2)CC1. The molecule has 0 saturated carbocycles. The lowest BCUT2D eigenvalue weighted by molar-refractivity contribution is 0.0941. The molecule has 1 heterocycles. The fourth-order valence-corrected chi connectivity index (χ4v) is 2.83. The van der Waals surface area contributed by atoms with Crippen LogP contribution in [0.4, 0.5) is 0 Å². The van der Waals surface area contributed by atoms with Gasteiger partial charge in [-0.25, -0.2) is 0 Å². The van der Waals surface area contributed by atoms with Gasteiger partial charge in [-0.2, -0.15) is 0 Å². The summed E-state index contributed by atoms with van der Waals surface area (Å²) >= 11 is 5.91. The number of piperidine rings is 1. The molecule has 1 saturated heterocycles. The van der Waals surface area contributed by atoms with E-state index in [2.05, 4.69) is 29.0 Å². The van der Waals surface area contributed by atoms with Crippen molar-refractivity contribution in [3.8, 4) is 0 Å². The van der Waals surface area contributed by atoms with E-state index in [0.29, 0.717) is 6.04 Å². The summed E-state index contributed by atoms with van der Waals surface area (Å²) in [5.41, 5.74) is 1.26. The average Bonchev–Trinajstić information content (AvgIpc) is 2.42. The molecule has 1 fully saturated rings. The number of rotatable bonds is 5. The van der Waals surface area contributed by atoms with Gasteiger partial charge in [0.05, 0.1) is 6.61 Å². The Morgan fingerprint density at radius 2 is 1.89 bits per heavy atom. The zero-order valence-corrected chi connectivity index (χ0v) is 12.3. The predicted molar refractivity (Wildman–Crippen MR) is 79.5 cm³/mol. The van der Waals surface area contributed by atoms with Crippen molar-refractivity contribution in [3.05, 3.63) is 34.9 Å². The molecule has 1 aromatic carbocycles. The van der Waals surface area contributed by atoms with Crippen molar-refractivity contribution in [1.29, 1.82) is 0 Å². The highest BCUT2D eigenvalue weighted by Crippen LogP contribution is 2.19. The number of aliphatic hydroxyl groups excluding tert-OH is 1. The zero-order valence-electron chi connectivity index (χ0n) is 11.6. The maximum absolute atomic E-state index is 9.27. The third-order valence-electron chi connectivity index (χ3n) is 3.89. The summed E-state index contributed by atoms with van der Waals surface area (Å²) in [5, 5.41) is 10.0. The third kappa shape index (κ3) is 4.46. The summed E-state index contributed by atoms with van der Waals surface area (Å²) < 4.78 is 0. The highest BCUT2D eigenvalue weighted by molar-refractivity contribution is 6.30. The van der Waals surface area contributed by atoms with Gasteiger partial charge in [0.2, 0.25) is 0 Å². The van der Waals surface area contributed by atoms with Gasteiger partial charge in [-0.05, 0) is 50.7 Å². The van der Waals surface area contributed by atoms with Gasteiger partial charge < -0.3 is 10.0 Å². The Bertz CT molecular complexity index is 374. The van der Waals surface area contributed by atoms with Gasteiger partial charge in [-0.1, -0.05) is 23.7 Å². The summed E-state index contributed by atoms with van der Waals surface area (Å²) in [5.74, 6) is 0. The molecule has 0 amide bonds. The van der Waals surface area contributed by atoms with Gasteiger partial charge in [0, 0.05) is 24.2 Å². The van der Waals surface area contributed by atoms with Crippen LogP contribution in [0.3, 0.4) is 0 Å². The van der Waals surface area contributed by atoms with Crippen molar-refractivity contribution >= 4 is 11.6 Å². The second-order valence-corrected chi connectivity index (χ2v) is 5.79. The molecule has 1 aromatic rings. The molecule has 1 N–H and O–H groups in total. The van der Waals surface area contributed by atoms with Crippen LogP contribution in [0, 0.1) is 0 Å². The van der Waals surface area contributed by atoms with Crippen molar-refractivity contribution < 1.29 is 5.11 Å². The fraction of sp³-hybridized carbons (Fsp3) is 0.600. The Balaban J connectivity index is 1.97. The van der Waals surface area contributed by atoms with Crippen LogP contribution in [0.15, 0.2) is 24.3 Å². The fourth-order valence-electron chi connectivity index (χ4n) is 2.70. The van der Waals surface area contributed by atoms with E-state index < -0.39 is 0 Å². The summed E-state index contributed by atoms with van der Waals surface area (Å²) in [6.07, 6.45) is 2.37. The van der Waals surface area contributed by atoms with E-state index in [0.717, 1.165) is 31.2 Å². The van der Waals surface area contributed by atoms with Gasteiger partial charge in [-0.3, -0.25) is 4.90 Å². The Kier molecular flexibility index (Phi) is 5.64. The standard InChI is InChI=1S/C15H23ClN2O/c1-17-8-6-15(7-9-17)18(10-11-19)12-13-2-4-14(16)5-3-13/h2-5,15,19H,6-12H2,1H3. The lowest BCUT2D eigenvalue weighted by Crippen LogP contribution is -2.44. The van der Waals surface area contributed by atoms with Crippen molar-refractivity contribution in [2.45, 2.75) is 25.4 Å². The summed E-state index contributed by atoms with van der Waals surface area (Å²) in [4.78, 5) is 4.77. The maximum atomic E-state index is 9.27. The number of likely N-dealkylation sites (tertiary alicyclic amines) is 1. The first-order valence-electron chi connectivity index (χ1n) is 6.97. The second-order valence-electron chi connectivity index (χ2n) is 5.35. The third-order valence-corrected chi connectivity index (χ3v) is 4.14. The predicted octanol–water partition coefficient (Wildman–Crippen LogP) is 2.23. The van der Waals surface area contributed by atoms with Gasteiger partial charge in [0.15, 0.2) is 0 Å². The molecule has 1 aliphatic rings. The molecule has 19 heavy (non-hydrogen) atoms. The van der Waals surface area contributed by atoms with E-state index in [4.69, 9.17) is 11.6 Å². The number of hydrogen-bond donors (Lipinski definition) is 1. The van der Waals surface area contributed by atoms with E-state index in [1.165, 1.54) is 18.4 Å². The molecule has 0 bridgehead atoms. The molecule has 4 heteroatoms. The molecule has 3 nitrogen and oxygen atoms in total. The van der Waals surface area contributed by atoms with Crippen LogP contribution in [0.5, 0.6) is 0 Å². The van der Waals surface area contributed by atoms with Crippen LogP contribution in [0.1, 0.15) is 18.4 Å². The van der Waals surface area contributed by atoms with Crippen LogP contribution < -0.4 is 0 Å². The van der Waals surface area contributed by atoms with Crippen LogP contribution in [0.2, 0.25) is 5.02 Å². The highest BCUT2D eigenvalue weighted by atomic mass is 35.5. The van der Waals surface area contributed by atoms with Gasteiger partial charge in [0.1, 0.15) is 0 Å². The molecule has 0 aliphatic carbocycles. The topological polar surface area (TPSA) is 26.7 Å².